The van der Waals surface area contributed by atoms with Gasteiger partial charge >= 0.3 is 0 Å². The van der Waals surface area contributed by atoms with Crippen LogP contribution in [0.1, 0.15) is 20.7 Å². The second kappa shape index (κ2) is 9.96. The van der Waals surface area contributed by atoms with Gasteiger partial charge in [-0.15, -0.1) is 0 Å². The number of carbonyl (C=O) groups excluding carboxylic acids is 2. The molecule has 0 atom stereocenters. The molecule has 0 saturated carbocycles. The number of nitrogens with zero attached hydrogens (tertiary/aromatic N) is 2. The Morgan fingerprint density at radius 2 is 1.48 bits per heavy atom. The molecule has 12 N–H and O–H groups in total. The Morgan fingerprint density at radius 1 is 0.880 bits per heavy atom. The number of nitrogen functional groups attached to an aromatic ring is 4. The van der Waals surface area contributed by atoms with E-state index in [2.05, 4.69) is 20.8 Å². The van der Waals surface area contributed by atoms with Crippen molar-refractivity contribution in [1.29, 1.82) is 0 Å². The zero-order valence-corrected chi connectivity index (χ0v) is 13.5. The van der Waals surface area contributed by atoms with Crippen LogP contribution in [0.3, 0.4) is 0 Å². The number of hydrogen-bond donors (Lipinski definition) is 8. The smallest absolute Gasteiger partial charge is 0.266 e. The molecule has 0 unspecified atom stereocenters. The molecule has 0 fully saturated rings. The van der Waals surface area contributed by atoms with E-state index in [1.54, 1.807) is 12.1 Å². The summed E-state index contributed by atoms with van der Waals surface area (Å²) in [7, 11) is 0. The Labute approximate surface area is 147 Å². The number of aromatic nitrogens is 2. The van der Waals surface area contributed by atoms with E-state index in [9.17, 15) is 9.59 Å². The van der Waals surface area contributed by atoms with Crippen LogP contribution >= 0.6 is 11.6 Å². The minimum absolute atomic E-state index is 0.253. The molecule has 2 rings (SSSR count). The maximum atomic E-state index is 11.0. The molecular formula is C12H17ClN10O2. The Bertz CT molecular complexity index is 724. The molecule has 2 aromatic rings. The van der Waals surface area contributed by atoms with Gasteiger partial charge in [-0.2, -0.15) is 0 Å². The number of hydrazine groups is 4. The summed E-state index contributed by atoms with van der Waals surface area (Å²) in [6.07, 6.45) is 2.68. The van der Waals surface area contributed by atoms with Crippen molar-refractivity contribution in [3.05, 3.63) is 46.7 Å². The van der Waals surface area contributed by atoms with Crippen molar-refractivity contribution >= 4 is 35.1 Å². The summed E-state index contributed by atoms with van der Waals surface area (Å²) < 4.78 is 0. The van der Waals surface area contributed by atoms with Crippen molar-refractivity contribution in [2.75, 3.05) is 10.9 Å². The average molecular weight is 369 g/mol. The molecule has 0 aromatic carbocycles. The van der Waals surface area contributed by atoms with Gasteiger partial charge in [-0.1, -0.05) is 11.6 Å². The molecule has 0 aliphatic rings. The number of amides is 2. The quantitative estimate of drug-likeness (QED) is 0.179. The standard InChI is InChI=1S/C6H8ClN5O.C6H9N5O/c7-4-1-3(6(13)12-9)2-10-5(4)11-8;7-10-5-2-1-4(3-9-5)6(12)11-8/h1-2H,8-9H2,(H,10,11)(H,12,13);1-3H,7-8H2,(H,9,10)(H,11,12). The van der Waals surface area contributed by atoms with Gasteiger partial charge in [0.2, 0.25) is 0 Å². The van der Waals surface area contributed by atoms with Crippen molar-refractivity contribution in [3.63, 3.8) is 0 Å². The minimum atomic E-state index is -0.460. The molecule has 12 nitrogen and oxygen atoms in total. The van der Waals surface area contributed by atoms with Gasteiger partial charge in [0.15, 0.2) is 5.82 Å². The molecule has 0 saturated heterocycles. The van der Waals surface area contributed by atoms with Crippen molar-refractivity contribution in [3.8, 4) is 0 Å². The molecule has 134 valence electrons. The number of rotatable bonds is 4. The third-order valence-electron chi connectivity index (χ3n) is 2.68. The highest BCUT2D eigenvalue weighted by atomic mass is 35.5. The predicted octanol–water partition coefficient (Wildman–Crippen LogP) is -1.41. The molecule has 2 amide bonds. The molecule has 0 aliphatic carbocycles. The summed E-state index contributed by atoms with van der Waals surface area (Å²) >= 11 is 5.70. The highest BCUT2D eigenvalue weighted by Crippen LogP contribution is 2.18. The molecule has 25 heavy (non-hydrogen) atoms. The Kier molecular flexibility index (Phi) is 7.98. The van der Waals surface area contributed by atoms with E-state index in [1.165, 1.54) is 18.5 Å². The van der Waals surface area contributed by atoms with Crippen LogP contribution < -0.4 is 45.1 Å². The third kappa shape index (κ3) is 5.83. The zero-order valence-electron chi connectivity index (χ0n) is 12.8. The summed E-state index contributed by atoms with van der Waals surface area (Å²) in [6.45, 7) is 0. The number of anilines is 2. The van der Waals surface area contributed by atoms with Crippen LogP contribution in [0.4, 0.5) is 11.6 Å². The van der Waals surface area contributed by atoms with Gasteiger partial charge < -0.3 is 10.9 Å². The van der Waals surface area contributed by atoms with Crippen LogP contribution in [0.15, 0.2) is 30.6 Å². The molecule has 0 spiro atoms. The molecule has 0 radical (unpaired) electrons. The average Bonchev–Trinajstić information content (AvgIpc) is 2.67. The number of pyridine rings is 2. The molecule has 13 heteroatoms. The first kappa shape index (κ1) is 20.0. The molecule has 0 aliphatic heterocycles. The van der Waals surface area contributed by atoms with Crippen molar-refractivity contribution in [2.24, 2.45) is 23.4 Å². The number of hydrogen-bond acceptors (Lipinski definition) is 10. The molecule has 2 aromatic heterocycles. The number of carbonyl (C=O) groups is 2. The lowest BCUT2D eigenvalue weighted by molar-refractivity contribution is 0.0945. The summed E-state index contributed by atoms with van der Waals surface area (Å²) in [4.78, 5) is 29.5. The van der Waals surface area contributed by atoms with Crippen LogP contribution in [0.25, 0.3) is 0 Å². The maximum absolute atomic E-state index is 11.0. The highest BCUT2D eigenvalue weighted by Gasteiger charge is 2.07. The van der Waals surface area contributed by atoms with E-state index in [0.29, 0.717) is 17.2 Å². The van der Waals surface area contributed by atoms with E-state index < -0.39 is 5.91 Å². The lowest BCUT2D eigenvalue weighted by Gasteiger charge is -2.03. The fraction of sp³-hybridized carbons (Fsp3) is 0. The fourth-order valence-electron chi connectivity index (χ4n) is 1.45. The SMILES string of the molecule is NNC(=O)c1ccc(NN)nc1.NNC(=O)c1cnc(NN)c(Cl)c1. The van der Waals surface area contributed by atoms with Crippen LogP contribution in [0, 0.1) is 0 Å². The lowest BCUT2D eigenvalue weighted by atomic mass is 10.3. The molecular weight excluding hydrogens is 352 g/mol. The Balaban J connectivity index is 0.000000251. The first-order chi connectivity index (χ1) is 12.0. The summed E-state index contributed by atoms with van der Waals surface area (Å²) in [6, 6.07) is 4.54. The number of nitrogens with one attached hydrogen (secondary N) is 4. The number of nitrogens with two attached hydrogens (primary N) is 4. The Hall–Kier alpha value is -3.03. The second-order valence-electron chi connectivity index (χ2n) is 4.22. The third-order valence-corrected chi connectivity index (χ3v) is 2.96. The van der Waals surface area contributed by atoms with Gasteiger partial charge in [0.1, 0.15) is 5.82 Å². The predicted molar refractivity (Wildman–Crippen MR) is 92.4 cm³/mol. The van der Waals surface area contributed by atoms with Gasteiger partial charge in [0.25, 0.3) is 11.8 Å². The van der Waals surface area contributed by atoms with E-state index >= 15 is 0 Å². The lowest BCUT2D eigenvalue weighted by Crippen LogP contribution is -2.30. The number of halogens is 1. The largest absolute Gasteiger partial charge is 0.308 e. The van der Waals surface area contributed by atoms with E-state index in [0.717, 1.165) is 0 Å². The van der Waals surface area contributed by atoms with Gasteiger partial charge in [0.05, 0.1) is 16.1 Å². The monoisotopic (exact) mass is 368 g/mol. The normalized spacial score (nSPS) is 9.32. The summed E-state index contributed by atoms with van der Waals surface area (Å²) in [5.41, 5.74) is 9.21. The molecule has 2 heterocycles. The van der Waals surface area contributed by atoms with Gasteiger partial charge in [0, 0.05) is 12.4 Å². The fourth-order valence-corrected chi connectivity index (χ4v) is 1.67. The topological polar surface area (TPSA) is 212 Å². The van der Waals surface area contributed by atoms with Crippen molar-refractivity contribution in [1.82, 2.24) is 20.8 Å². The van der Waals surface area contributed by atoms with Crippen molar-refractivity contribution < 1.29 is 9.59 Å². The van der Waals surface area contributed by atoms with Crippen LogP contribution in [-0.4, -0.2) is 21.8 Å². The summed E-state index contributed by atoms with van der Waals surface area (Å²) in [5, 5.41) is 0.253. The van der Waals surface area contributed by atoms with Crippen LogP contribution in [-0.2, 0) is 0 Å². The first-order valence-electron chi connectivity index (χ1n) is 6.53. The molecule has 0 bridgehead atoms. The summed E-state index contributed by atoms with van der Waals surface area (Å²) in [5.74, 6) is 19.9. The minimum Gasteiger partial charge on any atom is -0.308 e. The second-order valence-corrected chi connectivity index (χ2v) is 4.63. The van der Waals surface area contributed by atoms with E-state index in [4.69, 9.17) is 35.0 Å². The zero-order chi connectivity index (χ0) is 18.8. The van der Waals surface area contributed by atoms with Gasteiger partial charge in [-0.3, -0.25) is 20.4 Å². The van der Waals surface area contributed by atoms with Crippen molar-refractivity contribution in [2.45, 2.75) is 0 Å². The van der Waals surface area contributed by atoms with Gasteiger partial charge in [-0.25, -0.2) is 33.3 Å². The highest BCUT2D eigenvalue weighted by molar-refractivity contribution is 6.33. The van der Waals surface area contributed by atoms with Crippen LogP contribution in [0.2, 0.25) is 5.02 Å². The van der Waals surface area contributed by atoms with E-state index in [-0.39, 0.29) is 16.5 Å². The first-order valence-corrected chi connectivity index (χ1v) is 6.91. The van der Waals surface area contributed by atoms with Gasteiger partial charge in [-0.05, 0) is 18.2 Å². The van der Waals surface area contributed by atoms with E-state index in [1.807, 2.05) is 10.9 Å². The van der Waals surface area contributed by atoms with Crippen LogP contribution in [0.5, 0.6) is 0 Å². The maximum Gasteiger partial charge on any atom is 0.266 e. The Morgan fingerprint density at radius 3 is 1.92 bits per heavy atom.